The number of halogens is 1. The minimum atomic E-state index is -0.710. The summed E-state index contributed by atoms with van der Waals surface area (Å²) in [5.41, 5.74) is -0.813. The maximum Gasteiger partial charge on any atom is 0.328 e. The van der Waals surface area contributed by atoms with Gasteiger partial charge in [-0.15, -0.1) is 11.3 Å². The number of carbonyl (C=O) groups is 1. The Bertz CT molecular complexity index is 1460. The van der Waals surface area contributed by atoms with E-state index in [4.69, 9.17) is 0 Å². The number of thiophene rings is 1. The van der Waals surface area contributed by atoms with E-state index in [9.17, 15) is 23.6 Å². The van der Waals surface area contributed by atoms with Gasteiger partial charge in [-0.2, -0.15) is 5.10 Å². The van der Waals surface area contributed by atoms with Crippen molar-refractivity contribution in [2.24, 2.45) is 0 Å². The molecule has 0 atom stereocenters. The largest absolute Gasteiger partial charge is 0.350 e. The lowest BCUT2D eigenvalue weighted by Gasteiger charge is -2.09. The topological polar surface area (TPSA) is 119 Å². The highest BCUT2D eigenvalue weighted by Crippen LogP contribution is 2.15. The number of nitrogens with zero attached hydrogens (tertiary/aromatic N) is 3. The summed E-state index contributed by atoms with van der Waals surface area (Å²) in [5.74, 6) is -1.06. The van der Waals surface area contributed by atoms with Crippen molar-refractivity contribution in [3.8, 4) is 11.3 Å². The molecule has 0 spiro atoms. The van der Waals surface area contributed by atoms with E-state index >= 15 is 0 Å². The van der Waals surface area contributed by atoms with E-state index in [-0.39, 0.29) is 36.6 Å². The number of hydrogen-bond donors (Lipinski definition) is 2. The second-order valence-corrected chi connectivity index (χ2v) is 8.05. The van der Waals surface area contributed by atoms with Gasteiger partial charge >= 0.3 is 5.69 Å². The van der Waals surface area contributed by atoms with Crippen molar-refractivity contribution in [2.45, 2.75) is 13.1 Å². The lowest BCUT2D eigenvalue weighted by Crippen LogP contribution is -2.41. The van der Waals surface area contributed by atoms with Gasteiger partial charge in [0.1, 0.15) is 11.4 Å². The van der Waals surface area contributed by atoms with Crippen LogP contribution < -0.4 is 22.1 Å². The van der Waals surface area contributed by atoms with E-state index in [0.717, 1.165) is 15.6 Å². The molecule has 0 aliphatic heterocycles. The van der Waals surface area contributed by atoms with Crippen LogP contribution in [0.15, 0.2) is 74.5 Å². The molecule has 11 heteroatoms. The van der Waals surface area contributed by atoms with Crippen LogP contribution in [0.3, 0.4) is 0 Å². The highest BCUT2D eigenvalue weighted by Gasteiger charge is 2.15. The predicted molar refractivity (Wildman–Crippen MR) is 121 cm³/mol. The maximum absolute atomic E-state index is 13.1. The van der Waals surface area contributed by atoms with E-state index in [2.05, 4.69) is 15.4 Å². The first-order chi connectivity index (χ1) is 15.9. The van der Waals surface area contributed by atoms with Gasteiger partial charge < -0.3 is 10.3 Å². The second kappa shape index (κ2) is 9.57. The van der Waals surface area contributed by atoms with E-state index in [1.54, 1.807) is 24.3 Å². The minimum Gasteiger partial charge on any atom is -0.350 e. The lowest BCUT2D eigenvalue weighted by molar-refractivity contribution is 0.0949. The first kappa shape index (κ1) is 22.1. The van der Waals surface area contributed by atoms with Gasteiger partial charge in [0.25, 0.3) is 17.0 Å². The normalized spacial score (nSPS) is 10.8. The second-order valence-electron chi connectivity index (χ2n) is 7.02. The number of rotatable bonds is 7. The molecule has 0 unspecified atom stereocenters. The van der Waals surface area contributed by atoms with Crippen LogP contribution in [0.4, 0.5) is 4.39 Å². The molecule has 0 aliphatic carbocycles. The van der Waals surface area contributed by atoms with Crippen LogP contribution in [0.2, 0.25) is 0 Å². The molecule has 2 N–H and O–H groups in total. The Balaban J connectivity index is 1.46. The van der Waals surface area contributed by atoms with E-state index in [1.807, 2.05) is 5.38 Å². The Labute approximate surface area is 189 Å². The van der Waals surface area contributed by atoms with E-state index < -0.39 is 17.2 Å². The van der Waals surface area contributed by atoms with Crippen LogP contribution in [0.25, 0.3) is 11.3 Å². The molecule has 4 aromatic rings. The summed E-state index contributed by atoms with van der Waals surface area (Å²) in [6.45, 7) is 0.122. The highest BCUT2D eigenvalue weighted by atomic mass is 32.1. The number of amides is 1. The Morgan fingerprint density at radius 2 is 1.88 bits per heavy atom. The molecule has 168 valence electrons. The average Bonchev–Trinajstić information content (AvgIpc) is 3.32. The molecular weight excluding hydrogens is 449 g/mol. The fourth-order valence-corrected chi connectivity index (χ4v) is 3.82. The zero-order valence-electron chi connectivity index (χ0n) is 17.2. The Morgan fingerprint density at radius 3 is 2.61 bits per heavy atom. The number of benzene rings is 1. The van der Waals surface area contributed by atoms with Gasteiger partial charge in [-0.1, -0.05) is 6.07 Å². The van der Waals surface area contributed by atoms with Crippen LogP contribution in [0.5, 0.6) is 0 Å². The Morgan fingerprint density at radius 1 is 1.09 bits per heavy atom. The zero-order chi connectivity index (χ0) is 23.4. The molecular formula is C22H18FN5O4S. The molecule has 3 heterocycles. The quantitative estimate of drug-likeness (QED) is 0.426. The third-order valence-corrected chi connectivity index (χ3v) is 5.68. The SMILES string of the molecule is O=C(NCCn1nc(-c2ccc(F)cc2)ccc1=O)c1c[nH]c(=O)n(Cc2cccs2)c1=O. The summed E-state index contributed by atoms with van der Waals surface area (Å²) in [4.78, 5) is 52.6. The molecule has 33 heavy (non-hydrogen) atoms. The summed E-state index contributed by atoms with van der Waals surface area (Å²) in [7, 11) is 0. The van der Waals surface area contributed by atoms with Gasteiger partial charge in [0.05, 0.1) is 18.8 Å². The zero-order valence-corrected chi connectivity index (χ0v) is 18.0. The molecule has 4 rings (SSSR count). The lowest BCUT2D eigenvalue weighted by atomic mass is 10.1. The summed E-state index contributed by atoms with van der Waals surface area (Å²) in [5, 5.41) is 8.64. The maximum atomic E-state index is 13.1. The number of aromatic nitrogens is 4. The van der Waals surface area contributed by atoms with Crippen LogP contribution in [0, 0.1) is 5.82 Å². The monoisotopic (exact) mass is 467 g/mol. The van der Waals surface area contributed by atoms with Crippen molar-refractivity contribution in [1.82, 2.24) is 24.6 Å². The molecule has 3 aromatic heterocycles. The first-order valence-electron chi connectivity index (χ1n) is 9.89. The molecule has 1 amide bonds. The van der Waals surface area contributed by atoms with Gasteiger partial charge in [0.2, 0.25) is 0 Å². The van der Waals surface area contributed by atoms with Crippen LogP contribution in [-0.4, -0.2) is 31.8 Å². The predicted octanol–water partition coefficient (Wildman–Crippen LogP) is 1.44. The summed E-state index contributed by atoms with van der Waals surface area (Å²) in [6.07, 6.45) is 1.07. The molecule has 0 aliphatic rings. The van der Waals surface area contributed by atoms with Crippen molar-refractivity contribution >= 4 is 17.2 Å². The van der Waals surface area contributed by atoms with E-state index in [0.29, 0.717) is 11.3 Å². The number of nitrogens with one attached hydrogen (secondary N) is 2. The van der Waals surface area contributed by atoms with Crippen molar-refractivity contribution in [3.05, 3.63) is 108 Å². The Kier molecular flexibility index (Phi) is 6.41. The minimum absolute atomic E-state index is 0.0160. The molecule has 0 saturated heterocycles. The third kappa shape index (κ3) is 5.04. The van der Waals surface area contributed by atoms with Crippen molar-refractivity contribution in [3.63, 3.8) is 0 Å². The molecule has 0 saturated carbocycles. The first-order valence-corrected chi connectivity index (χ1v) is 10.8. The van der Waals surface area contributed by atoms with Gasteiger partial charge in [0, 0.05) is 29.2 Å². The van der Waals surface area contributed by atoms with Gasteiger partial charge in [-0.3, -0.25) is 19.0 Å². The van der Waals surface area contributed by atoms with Crippen molar-refractivity contribution in [2.75, 3.05) is 6.54 Å². The average molecular weight is 467 g/mol. The standard InChI is InChI=1S/C22H18FN5O4S/c23-15-5-3-14(4-6-15)18-7-8-19(29)28(26-18)10-9-24-20(30)17-12-25-22(32)27(21(17)31)13-16-2-1-11-33-16/h1-8,11-12H,9-10,13H2,(H,24,30)(H,25,32). The van der Waals surface area contributed by atoms with Crippen molar-refractivity contribution < 1.29 is 9.18 Å². The van der Waals surface area contributed by atoms with Gasteiger partial charge in [0.15, 0.2) is 0 Å². The van der Waals surface area contributed by atoms with Crippen LogP contribution in [0.1, 0.15) is 15.2 Å². The fourth-order valence-electron chi connectivity index (χ4n) is 3.13. The highest BCUT2D eigenvalue weighted by molar-refractivity contribution is 7.09. The van der Waals surface area contributed by atoms with Gasteiger partial charge in [-0.05, 0) is 41.8 Å². The summed E-state index contributed by atoms with van der Waals surface area (Å²) < 4.78 is 15.3. The number of hydrogen-bond acceptors (Lipinski definition) is 6. The molecule has 0 bridgehead atoms. The number of aromatic amines is 1. The number of carbonyl (C=O) groups excluding carboxylic acids is 1. The van der Waals surface area contributed by atoms with Crippen LogP contribution >= 0.6 is 11.3 Å². The molecule has 0 fully saturated rings. The summed E-state index contributed by atoms with van der Waals surface area (Å²) >= 11 is 1.39. The van der Waals surface area contributed by atoms with Crippen molar-refractivity contribution in [1.29, 1.82) is 0 Å². The molecule has 1 aromatic carbocycles. The third-order valence-electron chi connectivity index (χ3n) is 4.82. The van der Waals surface area contributed by atoms with Gasteiger partial charge in [-0.25, -0.2) is 13.9 Å². The number of H-pyrrole nitrogens is 1. The smallest absolute Gasteiger partial charge is 0.328 e. The fraction of sp³-hybridized carbons (Fsp3) is 0.136. The van der Waals surface area contributed by atoms with Crippen LogP contribution in [-0.2, 0) is 13.1 Å². The summed E-state index contributed by atoms with van der Waals surface area (Å²) in [6, 6.07) is 12.1. The molecule has 0 radical (unpaired) electrons. The molecule has 9 nitrogen and oxygen atoms in total. The van der Waals surface area contributed by atoms with E-state index in [1.165, 1.54) is 40.3 Å². The Hall–Kier alpha value is -4.12.